The summed E-state index contributed by atoms with van der Waals surface area (Å²) >= 11 is 3.53. The Kier molecular flexibility index (Phi) is 4.44. The van der Waals surface area contributed by atoms with Crippen molar-refractivity contribution in [1.29, 1.82) is 0 Å². The Morgan fingerprint density at radius 3 is 2.90 bits per heavy atom. The van der Waals surface area contributed by atoms with Crippen LogP contribution in [0, 0.1) is 6.92 Å². The van der Waals surface area contributed by atoms with Crippen molar-refractivity contribution >= 4 is 26.9 Å². The summed E-state index contributed by atoms with van der Waals surface area (Å²) in [5, 5.41) is 4.62. The molecule has 0 amide bonds. The van der Waals surface area contributed by atoms with Crippen LogP contribution in [0.15, 0.2) is 27.1 Å². The SMILES string of the molecule is Cc1c(CCCN2CCNCC2)oc2ccc(Br)cc12. The Labute approximate surface area is 128 Å². The lowest BCUT2D eigenvalue weighted by Crippen LogP contribution is -2.43. The zero-order chi connectivity index (χ0) is 13.9. The lowest BCUT2D eigenvalue weighted by atomic mass is 10.1. The average Bonchev–Trinajstić information content (AvgIpc) is 2.77. The number of furan rings is 1. The summed E-state index contributed by atoms with van der Waals surface area (Å²) in [5.41, 5.74) is 2.30. The summed E-state index contributed by atoms with van der Waals surface area (Å²) in [6, 6.07) is 6.23. The van der Waals surface area contributed by atoms with Crippen molar-refractivity contribution in [3.05, 3.63) is 34.0 Å². The number of piperazine rings is 1. The largest absolute Gasteiger partial charge is 0.461 e. The third kappa shape index (κ3) is 3.08. The van der Waals surface area contributed by atoms with Crippen molar-refractivity contribution < 1.29 is 4.42 Å². The van der Waals surface area contributed by atoms with Crippen LogP contribution >= 0.6 is 15.9 Å². The maximum absolute atomic E-state index is 5.99. The molecule has 2 heterocycles. The van der Waals surface area contributed by atoms with Gasteiger partial charge in [0.05, 0.1) is 0 Å². The van der Waals surface area contributed by atoms with Gasteiger partial charge < -0.3 is 14.6 Å². The molecule has 0 aliphatic carbocycles. The van der Waals surface area contributed by atoms with Crippen molar-refractivity contribution in [3.8, 4) is 0 Å². The summed E-state index contributed by atoms with van der Waals surface area (Å²) in [7, 11) is 0. The zero-order valence-corrected chi connectivity index (χ0v) is 13.5. The van der Waals surface area contributed by atoms with Gasteiger partial charge in [-0.15, -0.1) is 0 Å². The number of fused-ring (bicyclic) bond motifs is 1. The van der Waals surface area contributed by atoms with Crippen molar-refractivity contribution in [2.75, 3.05) is 32.7 Å². The molecule has 1 aromatic carbocycles. The fourth-order valence-corrected chi connectivity index (χ4v) is 3.24. The van der Waals surface area contributed by atoms with E-state index in [-0.39, 0.29) is 0 Å². The van der Waals surface area contributed by atoms with Crippen LogP contribution in [-0.2, 0) is 6.42 Å². The Balaban J connectivity index is 1.63. The molecule has 0 saturated carbocycles. The third-order valence-electron chi connectivity index (χ3n) is 4.08. The highest BCUT2D eigenvalue weighted by molar-refractivity contribution is 9.10. The van der Waals surface area contributed by atoms with Gasteiger partial charge in [-0.3, -0.25) is 0 Å². The minimum absolute atomic E-state index is 1.00. The van der Waals surface area contributed by atoms with Gasteiger partial charge in [-0.1, -0.05) is 15.9 Å². The fourth-order valence-electron chi connectivity index (χ4n) is 2.88. The Morgan fingerprint density at radius 1 is 1.30 bits per heavy atom. The number of aryl methyl sites for hydroxylation is 2. The van der Waals surface area contributed by atoms with E-state index in [2.05, 4.69) is 39.1 Å². The first-order valence-corrected chi connectivity index (χ1v) is 8.14. The van der Waals surface area contributed by atoms with E-state index in [1.165, 1.54) is 37.0 Å². The van der Waals surface area contributed by atoms with E-state index in [0.717, 1.165) is 35.3 Å². The van der Waals surface area contributed by atoms with Gasteiger partial charge in [0, 0.05) is 42.5 Å². The average molecular weight is 337 g/mol. The number of nitrogens with one attached hydrogen (secondary N) is 1. The number of nitrogens with zero attached hydrogens (tertiary/aromatic N) is 1. The lowest BCUT2D eigenvalue weighted by molar-refractivity contribution is 0.237. The quantitative estimate of drug-likeness (QED) is 0.928. The fraction of sp³-hybridized carbons (Fsp3) is 0.500. The van der Waals surface area contributed by atoms with Crippen LogP contribution in [0.4, 0.5) is 0 Å². The highest BCUT2D eigenvalue weighted by Gasteiger charge is 2.12. The Bertz CT molecular complexity index is 587. The van der Waals surface area contributed by atoms with Crippen molar-refractivity contribution in [2.45, 2.75) is 19.8 Å². The van der Waals surface area contributed by atoms with Crippen LogP contribution in [0.5, 0.6) is 0 Å². The second kappa shape index (κ2) is 6.29. The van der Waals surface area contributed by atoms with Gasteiger partial charge in [-0.2, -0.15) is 0 Å². The molecule has 1 N–H and O–H groups in total. The number of rotatable bonds is 4. The minimum atomic E-state index is 1.00. The van der Waals surface area contributed by atoms with Gasteiger partial charge in [0.25, 0.3) is 0 Å². The molecule has 20 heavy (non-hydrogen) atoms. The molecule has 0 radical (unpaired) electrons. The van der Waals surface area contributed by atoms with E-state index in [4.69, 9.17) is 4.42 Å². The molecule has 0 spiro atoms. The first kappa shape index (κ1) is 14.1. The predicted octanol–water partition coefficient (Wildman–Crippen LogP) is 3.34. The van der Waals surface area contributed by atoms with Gasteiger partial charge in [0.15, 0.2) is 0 Å². The summed E-state index contributed by atoms with van der Waals surface area (Å²) < 4.78 is 7.10. The molecule has 4 heteroatoms. The lowest BCUT2D eigenvalue weighted by Gasteiger charge is -2.26. The molecular formula is C16H21BrN2O. The minimum Gasteiger partial charge on any atom is -0.461 e. The molecule has 2 aromatic rings. The van der Waals surface area contributed by atoms with E-state index in [1.54, 1.807) is 0 Å². The summed E-state index contributed by atoms with van der Waals surface area (Å²) in [5.74, 6) is 1.15. The van der Waals surface area contributed by atoms with Crippen LogP contribution in [-0.4, -0.2) is 37.6 Å². The van der Waals surface area contributed by atoms with Gasteiger partial charge in [-0.25, -0.2) is 0 Å². The van der Waals surface area contributed by atoms with Crippen LogP contribution < -0.4 is 5.32 Å². The Morgan fingerprint density at radius 2 is 2.10 bits per heavy atom. The normalized spacial score (nSPS) is 16.9. The second-order valence-electron chi connectivity index (χ2n) is 5.49. The van der Waals surface area contributed by atoms with E-state index in [9.17, 15) is 0 Å². The molecular weight excluding hydrogens is 316 g/mol. The van der Waals surface area contributed by atoms with E-state index < -0.39 is 0 Å². The van der Waals surface area contributed by atoms with Crippen molar-refractivity contribution in [2.24, 2.45) is 0 Å². The summed E-state index contributed by atoms with van der Waals surface area (Å²) in [6.07, 6.45) is 2.20. The molecule has 108 valence electrons. The molecule has 0 bridgehead atoms. The molecule has 0 atom stereocenters. The predicted molar refractivity (Wildman–Crippen MR) is 86.3 cm³/mol. The number of benzene rings is 1. The second-order valence-corrected chi connectivity index (χ2v) is 6.40. The van der Waals surface area contributed by atoms with E-state index in [0.29, 0.717) is 0 Å². The van der Waals surface area contributed by atoms with Crippen LogP contribution in [0.25, 0.3) is 11.0 Å². The smallest absolute Gasteiger partial charge is 0.134 e. The highest BCUT2D eigenvalue weighted by atomic mass is 79.9. The standard InChI is InChI=1S/C16H21BrN2O/c1-12-14-11-13(17)4-5-16(14)20-15(12)3-2-8-19-9-6-18-7-10-19/h4-5,11,18H,2-3,6-10H2,1H3. The van der Waals surface area contributed by atoms with Gasteiger partial charge in [0.1, 0.15) is 11.3 Å². The summed E-state index contributed by atoms with van der Waals surface area (Å²) in [6.45, 7) is 7.92. The molecule has 1 aromatic heterocycles. The van der Waals surface area contributed by atoms with Gasteiger partial charge in [-0.05, 0) is 43.7 Å². The van der Waals surface area contributed by atoms with Gasteiger partial charge >= 0.3 is 0 Å². The molecule has 1 aliphatic rings. The summed E-state index contributed by atoms with van der Waals surface area (Å²) in [4.78, 5) is 2.53. The monoisotopic (exact) mass is 336 g/mol. The maximum Gasteiger partial charge on any atom is 0.134 e. The first-order chi connectivity index (χ1) is 9.74. The molecule has 0 unspecified atom stereocenters. The van der Waals surface area contributed by atoms with Crippen molar-refractivity contribution in [3.63, 3.8) is 0 Å². The van der Waals surface area contributed by atoms with Crippen LogP contribution in [0.1, 0.15) is 17.7 Å². The topological polar surface area (TPSA) is 28.4 Å². The first-order valence-electron chi connectivity index (χ1n) is 7.34. The highest BCUT2D eigenvalue weighted by Crippen LogP contribution is 2.28. The molecule has 3 rings (SSSR count). The molecule has 1 aliphatic heterocycles. The number of hydrogen-bond acceptors (Lipinski definition) is 3. The number of halogens is 1. The number of hydrogen-bond donors (Lipinski definition) is 1. The van der Waals surface area contributed by atoms with E-state index in [1.807, 2.05) is 12.1 Å². The van der Waals surface area contributed by atoms with Crippen LogP contribution in [0.2, 0.25) is 0 Å². The van der Waals surface area contributed by atoms with Crippen LogP contribution in [0.3, 0.4) is 0 Å². The van der Waals surface area contributed by atoms with E-state index >= 15 is 0 Å². The zero-order valence-electron chi connectivity index (χ0n) is 11.9. The molecule has 1 fully saturated rings. The molecule has 3 nitrogen and oxygen atoms in total. The molecule has 1 saturated heterocycles. The third-order valence-corrected chi connectivity index (χ3v) is 4.58. The van der Waals surface area contributed by atoms with Gasteiger partial charge in [0.2, 0.25) is 0 Å². The Hall–Kier alpha value is -0.840. The van der Waals surface area contributed by atoms with Crippen molar-refractivity contribution in [1.82, 2.24) is 10.2 Å². The maximum atomic E-state index is 5.99.